The number of nitrogens with one attached hydrogen (secondary N) is 1. The number of carbonyl (C=O) groups excluding carboxylic acids is 2. The van der Waals surface area contributed by atoms with Crippen LogP contribution in [-0.2, 0) is 9.59 Å². The highest BCUT2D eigenvalue weighted by atomic mass is 16.3. The number of rotatable bonds is 2. The Morgan fingerprint density at radius 3 is 2.55 bits per heavy atom. The predicted molar refractivity (Wildman–Crippen MR) is 113 cm³/mol. The van der Waals surface area contributed by atoms with Gasteiger partial charge in [-0.25, -0.2) is 0 Å². The molecule has 3 aliphatic rings. The lowest BCUT2D eigenvalue weighted by Gasteiger charge is -2.44. The van der Waals surface area contributed by atoms with Gasteiger partial charge in [-0.05, 0) is 51.0 Å². The highest BCUT2D eigenvalue weighted by molar-refractivity contribution is 6.13. The lowest BCUT2D eigenvalue weighted by Crippen LogP contribution is -2.51. The van der Waals surface area contributed by atoms with Crippen LogP contribution < -0.4 is 5.32 Å². The van der Waals surface area contributed by atoms with Crippen molar-refractivity contribution in [3.05, 3.63) is 35.5 Å². The van der Waals surface area contributed by atoms with Crippen molar-refractivity contribution in [2.45, 2.75) is 72.1 Å². The molecule has 1 heterocycles. The molecule has 1 fully saturated rings. The summed E-state index contributed by atoms with van der Waals surface area (Å²) in [6.45, 7) is 10.4. The van der Waals surface area contributed by atoms with Crippen molar-refractivity contribution in [3.63, 3.8) is 0 Å². The van der Waals surface area contributed by atoms with Gasteiger partial charge < -0.3 is 15.5 Å². The minimum atomic E-state index is -1.20. The molecule has 0 aromatic carbocycles. The van der Waals surface area contributed by atoms with Crippen molar-refractivity contribution in [1.29, 1.82) is 0 Å². The Labute approximate surface area is 174 Å². The number of allylic oxidation sites excluding steroid dienone is 5. The van der Waals surface area contributed by atoms with E-state index in [1.54, 1.807) is 0 Å². The monoisotopic (exact) mass is 401 g/mol. The maximum Gasteiger partial charge on any atom is 0.235 e. The van der Waals surface area contributed by atoms with Crippen LogP contribution in [0.1, 0.15) is 53.9 Å². The van der Waals surface area contributed by atoms with Crippen LogP contribution in [0, 0.1) is 29.1 Å². The quantitative estimate of drug-likeness (QED) is 0.490. The summed E-state index contributed by atoms with van der Waals surface area (Å²) in [4.78, 5) is 27.1. The van der Waals surface area contributed by atoms with Gasteiger partial charge in [-0.3, -0.25) is 9.59 Å². The number of ketones is 1. The minimum Gasteiger partial charge on any atom is -0.390 e. The Balaban J connectivity index is 2.20. The minimum absolute atomic E-state index is 0.0599. The molecule has 7 atom stereocenters. The van der Waals surface area contributed by atoms with Crippen molar-refractivity contribution in [2.75, 3.05) is 0 Å². The van der Waals surface area contributed by atoms with Crippen molar-refractivity contribution in [2.24, 2.45) is 29.1 Å². The molecule has 3 N–H and O–H groups in total. The lowest BCUT2D eigenvalue weighted by atomic mass is 9.55. The van der Waals surface area contributed by atoms with Gasteiger partial charge in [0.25, 0.3) is 0 Å². The van der Waals surface area contributed by atoms with E-state index in [9.17, 15) is 19.8 Å². The molecule has 1 saturated heterocycles. The zero-order valence-electron chi connectivity index (χ0n) is 18.2. The molecule has 1 aliphatic heterocycles. The molecule has 0 radical (unpaired) electrons. The third-order valence-corrected chi connectivity index (χ3v) is 7.15. The van der Waals surface area contributed by atoms with Crippen LogP contribution in [0.5, 0.6) is 0 Å². The van der Waals surface area contributed by atoms with Gasteiger partial charge >= 0.3 is 0 Å². The van der Waals surface area contributed by atoms with Crippen molar-refractivity contribution in [1.82, 2.24) is 5.32 Å². The van der Waals surface area contributed by atoms with E-state index in [-0.39, 0.29) is 35.5 Å². The van der Waals surface area contributed by atoms with Gasteiger partial charge in [-0.1, -0.05) is 50.1 Å². The number of hydrogen-bond acceptors (Lipinski definition) is 4. The summed E-state index contributed by atoms with van der Waals surface area (Å²) in [5, 5.41) is 23.6. The molecule has 0 unspecified atom stereocenters. The molecule has 0 aromatic heterocycles. The molecule has 5 heteroatoms. The molecule has 29 heavy (non-hydrogen) atoms. The van der Waals surface area contributed by atoms with E-state index in [1.807, 2.05) is 13.0 Å². The van der Waals surface area contributed by atoms with Gasteiger partial charge in [-0.2, -0.15) is 0 Å². The second kappa shape index (κ2) is 8.19. The Bertz CT molecular complexity index is 765. The van der Waals surface area contributed by atoms with Gasteiger partial charge in [0.15, 0.2) is 5.78 Å². The van der Waals surface area contributed by atoms with Crippen LogP contribution in [0.3, 0.4) is 0 Å². The molecule has 0 saturated carbocycles. The molecule has 5 nitrogen and oxygen atoms in total. The van der Waals surface area contributed by atoms with Crippen molar-refractivity contribution >= 4 is 11.7 Å². The molecular weight excluding hydrogens is 366 g/mol. The maximum atomic E-state index is 13.6. The van der Waals surface area contributed by atoms with E-state index < -0.39 is 17.6 Å². The predicted octanol–water partition coefficient (Wildman–Crippen LogP) is 2.93. The number of carbonyl (C=O) groups is 2. The zero-order chi connectivity index (χ0) is 21.5. The van der Waals surface area contributed by atoms with E-state index in [2.05, 4.69) is 39.1 Å². The first-order valence-corrected chi connectivity index (χ1v) is 10.8. The van der Waals surface area contributed by atoms with Gasteiger partial charge in [-0.15, -0.1) is 0 Å². The summed E-state index contributed by atoms with van der Waals surface area (Å²) in [5.41, 5.74) is 1.02. The van der Waals surface area contributed by atoms with Crippen molar-refractivity contribution in [3.8, 4) is 0 Å². The van der Waals surface area contributed by atoms with E-state index in [0.717, 1.165) is 12.0 Å². The topological polar surface area (TPSA) is 86.6 Å². The summed E-state index contributed by atoms with van der Waals surface area (Å²) in [5.74, 6) is -0.455. The molecule has 3 rings (SSSR count). The fourth-order valence-corrected chi connectivity index (χ4v) is 5.53. The zero-order valence-corrected chi connectivity index (χ0v) is 18.2. The van der Waals surface area contributed by atoms with Gasteiger partial charge in [0.2, 0.25) is 5.91 Å². The molecular formula is C24H35NO4. The Morgan fingerprint density at radius 2 is 1.90 bits per heavy atom. The summed E-state index contributed by atoms with van der Waals surface area (Å²) >= 11 is 0. The molecule has 1 amide bonds. The van der Waals surface area contributed by atoms with Crippen LogP contribution in [0.25, 0.3) is 0 Å². The number of hydrogen-bond donors (Lipinski definition) is 3. The molecule has 2 aliphatic carbocycles. The van der Waals surface area contributed by atoms with Crippen molar-refractivity contribution < 1.29 is 19.8 Å². The summed E-state index contributed by atoms with van der Waals surface area (Å²) < 4.78 is 0. The largest absolute Gasteiger partial charge is 0.390 e. The number of aliphatic hydroxyl groups excluding tert-OH is 2. The Morgan fingerprint density at radius 1 is 1.21 bits per heavy atom. The van der Waals surface area contributed by atoms with E-state index in [1.165, 1.54) is 17.7 Å². The normalized spacial score (nSPS) is 40.6. The van der Waals surface area contributed by atoms with E-state index in [4.69, 9.17) is 0 Å². The average molecular weight is 402 g/mol. The van der Waals surface area contributed by atoms with Gasteiger partial charge in [0.1, 0.15) is 5.41 Å². The van der Waals surface area contributed by atoms with Gasteiger partial charge in [0.05, 0.1) is 12.2 Å². The summed E-state index contributed by atoms with van der Waals surface area (Å²) in [6, 6.07) is -0.0599. The first-order chi connectivity index (χ1) is 13.6. The first-order valence-electron chi connectivity index (χ1n) is 10.8. The summed E-state index contributed by atoms with van der Waals surface area (Å²) in [7, 11) is 0. The fraction of sp³-hybridized carbons (Fsp3) is 0.667. The van der Waals surface area contributed by atoms with Crippen LogP contribution >= 0.6 is 0 Å². The Hall–Kier alpha value is -1.72. The standard InChI is InChI=1S/C24H35NO4/c1-13(2)10-18-22-16(5)15(4)12-17-11-14(3)6-7-19(26)20(27)8-9-21(28)24(17,22)23(29)25-18/h8-9,11-13,16-20,22,26-27H,6-7,10H2,1-5H3,(H,25,29)/t16-,17+,18+,19+,20+,22+,24+/m1/s1. The van der Waals surface area contributed by atoms with Crippen LogP contribution in [-0.4, -0.2) is 40.2 Å². The molecule has 0 bridgehead atoms. The molecule has 0 aromatic rings. The Kier molecular flexibility index (Phi) is 6.21. The fourth-order valence-electron chi connectivity index (χ4n) is 5.53. The second-order valence-electron chi connectivity index (χ2n) is 9.66. The first kappa shape index (κ1) is 22.0. The molecule has 160 valence electrons. The highest BCUT2D eigenvalue weighted by Gasteiger charge is 2.64. The number of aliphatic hydroxyl groups is 2. The van der Waals surface area contributed by atoms with E-state index in [0.29, 0.717) is 18.8 Å². The van der Waals surface area contributed by atoms with Gasteiger partial charge in [0, 0.05) is 17.9 Å². The van der Waals surface area contributed by atoms with Crippen LogP contribution in [0.2, 0.25) is 0 Å². The molecule has 1 spiro atoms. The second-order valence-corrected chi connectivity index (χ2v) is 9.66. The van der Waals surface area contributed by atoms with E-state index >= 15 is 0 Å². The smallest absolute Gasteiger partial charge is 0.235 e. The number of amides is 1. The average Bonchev–Trinajstić information content (AvgIpc) is 2.93. The summed E-state index contributed by atoms with van der Waals surface area (Å²) in [6.07, 6.45) is 6.60. The lowest BCUT2D eigenvalue weighted by molar-refractivity contribution is -0.142. The van der Waals surface area contributed by atoms with Crippen LogP contribution in [0.15, 0.2) is 35.5 Å². The third kappa shape index (κ3) is 3.75. The van der Waals surface area contributed by atoms with Crippen LogP contribution in [0.4, 0.5) is 0 Å². The third-order valence-electron chi connectivity index (χ3n) is 7.15. The highest BCUT2D eigenvalue weighted by Crippen LogP contribution is 2.55. The maximum absolute atomic E-state index is 13.6. The SMILES string of the molecule is CC1=C[C@H]2C=C(C)[C@@H](C)[C@H]3[C@H](CC(C)C)NC(=O)[C@]23C(=O)C=C[C@H](O)[C@@H](O)CC1.